The average molecular weight is 483 g/mol. The molecule has 0 unspecified atom stereocenters. The number of halogens is 1. The maximum absolute atomic E-state index is 9.56. The van der Waals surface area contributed by atoms with E-state index < -0.39 is 0 Å². The smallest absolute Gasteiger partial charge is 0.203 e. The number of hydrogen-bond donors (Lipinski definition) is 2. The Bertz CT molecular complexity index is 1120. The number of benzene rings is 3. The normalized spacial score (nSPS) is 11.5. The van der Waals surface area contributed by atoms with Crippen molar-refractivity contribution in [3.8, 4) is 23.0 Å². The number of phenols is 1. The van der Waals surface area contributed by atoms with E-state index in [2.05, 4.69) is 43.1 Å². The van der Waals surface area contributed by atoms with Crippen molar-refractivity contribution in [1.29, 1.82) is 0 Å². The molecule has 7 heteroatoms. The molecule has 0 saturated heterocycles. The number of aliphatic imine (C=N–C) groups is 1. The highest BCUT2D eigenvalue weighted by Gasteiger charge is 2.15. The number of nitrogens with two attached hydrogens (primary N) is 1. The quantitative estimate of drug-likeness (QED) is 0.285. The highest BCUT2D eigenvalue weighted by Crippen LogP contribution is 2.39. The summed E-state index contributed by atoms with van der Waals surface area (Å²) in [6.07, 6.45) is 0.621. The minimum absolute atomic E-state index is 0.00675. The number of rotatable bonds is 10. The van der Waals surface area contributed by atoms with Gasteiger partial charge in [0.05, 0.1) is 19.2 Å². The van der Waals surface area contributed by atoms with Crippen LogP contribution in [0.3, 0.4) is 0 Å². The Balaban J connectivity index is 1.70. The van der Waals surface area contributed by atoms with E-state index >= 15 is 0 Å². The third kappa shape index (κ3) is 6.35. The summed E-state index contributed by atoms with van der Waals surface area (Å²) in [5, 5.41) is 9.79. The lowest BCUT2D eigenvalue weighted by Gasteiger charge is -2.16. The van der Waals surface area contributed by atoms with Crippen LogP contribution in [-0.2, 0) is 13.0 Å². The second-order valence-corrected chi connectivity index (χ2v) is 8.60. The summed E-state index contributed by atoms with van der Waals surface area (Å²) in [4.78, 5) is 4.43. The van der Waals surface area contributed by atoms with Gasteiger partial charge in [-0.05, 0) is 59.4 Å². The van der Waals surface area contributed by atoms with Crippen molar-refractivity contribution in [2.45, 2.75) is 32.8 Å². The van der Waals surface area contributed by atoms with Crippen LogP contribution in [0.1, 0.15) is 42.0 Å². The van der Waals surface area contributed by atoms with Crippen molar-refractivity contribution < 1.29 is 19.3 Å². The Hall–Kier alpha value is -3.38. The zero-order valence-corrected chi connectivity index (χ0v) is 20.7. The predicted octanol–water partition coefficient (Wildman–Crippen LogP) is 5.71. The summed E-state index contributed by atoms with van der Waals surface area (Å²) < 4.78 is 17.3. The van der Waals surface area contributed by atoms with Gasteiger partial charge < -0.3 is 25.1 Å². The van der Waals surface area contributed by atoms with Crippen molar-refractivity contribution in [3.05, 3.63) is 81.9 Å². The van der Waals surface area contributed by atoms with Gasteiger partial charge in [-0.3, -0.25) is 4.99 Å². The molecule has 0 amide bonds. The second-order valence-electron chi connectivity index (χ2n) is 8.20. The zero-order valence-electron chi connectivity index (χ0n) is 20.0. The van der Waals surface area contributed by atoms with E-state index in [-0.39, 0.29) is 10.8 Å². The molecule has 3 aromatic carbocycles. The topological polar surface area (TPSA) is 86.3 Å². The van der Waals surface area contributed by atoms with Gasteiger partial charge in [0.25, 0.3) is 0 Å². The summed E-state index contributed by atoms with van der Waals surface area (Å²) in [5.74, 6) is 2.59. The highest BCUT2D eigenvalue weighted by atomic mass is 35.5. The molecule has 180 valence electrons. The van der Waals surface area contributed by atoms with Crippen LogP contribution in [0, 0.1) is 0 Å². The number of phenolic OH excluding ortho intramolecular Hbond substituents is 1. The first-order chi connectivity index (χ1) is 16.3. The largest absolute Gasteiger partial charge is 0.506 e. The van der Waals surface area contributed by atoms with Gasteiger partial charge in [-0.2, -0.15) is 0 Å². The third-order valence-electron chi connectivity index (χ3n) is 5.48. The minimum atomic E-state index is 0.00675. The van der Waals surface area contributed by atoms with E-state index in [4.69, 9.17) is 31.5 Å². The van der Waals surface area contributed by atoms with Gasteiger partial charge in [0, 0.05) is 12.1 Å². The van der Waals surface area contributed by atoms with E-state index in [1.54, 1.807) is 26.4 Å². The van der Waals surface area contributed by atoms with E-state index in [0.717, 1.165) is 11.1 Å². The van der Waals surface area contributed by atoms with Crippen molar-refractivity contribution in [2.24, 2.45) is 10.7 Å². The molecule has 34 heavy (non-hydrogen) atoms. The molecule has 0 bridgehead atoms. The van der Waals surface area contributed by atoms with Gasteiger partial charge in [-0.25, -0.2) is 0 Å². The molecular formula is C27H31ClN2O4. The molecule has 0 aliphatic carbocycles. The van der Waals surface area contributed by atoms with Crippen LogP contribution in [0.4, 0.5) is 0 Å². The van der Waals surface area contributed by atoms with Gasteiger partial charge in [0.1, 0.15) is 18.2 Å². The fourth-order valence-corrected chi connectivity index (χ4v) is 3.62. The monoisotopic (exact) mass is 482 g/mol. The number of nitrogens with zero attached hydrogens (tertiary/aromatic N) is 1. The second kappa shape index (κ2) is 11.7. The Morgan fingerprint density at radius 3 is 2.18 bits per heavy atom. The third-order valence-corrected chi connectivity index (χ3v) is 5.78. The van der Waals surface area contributed by atoms with Crippen molar-refractivity contribution in [1.82, 2.24) is 0 Å². The summed E-state index contributed by atoms with van der Waals surface area (Å²) in [5.41, 5.74) is 10.1. The minimum Gasteiger partial charge on any atom is -0.506 e. The Kier molecular flexibility index (Phi) is 8.66. The summed E-state index contributed by atoms with van der Waals surface area (Å²) in [6.45, 7) is 5.20. The van der Waals surface area contributed by atoms with E-state index in [9.17, 15) is 5.11 Å². The van der Waals surface area contributed by atoms with Crippen LogP contribution in [-0.4, -0.2) is 31.7 Å². The van der Waals surface area contributed by atoms with Gasteiger partial charge in [0.15, 0.2) is 11.5 Å². The first-order valence-electron chi connectivity index (χ1n) is 11.1. The lowest BCUT2D eigenvalue weighted by molar-refractivity contribution is 0.265. The number of hydrogen-bond acceptors (Lipinski definition) is 5. The molecule has 0 spiro atoms. The Morgan fingerprint density at radius 1 is 0.971 bits per heavy atom. The number of methoxy groups -OCH3 is 2. The first kappa shape index (κ1) is 25.2. The van der Waals surface area contributed by atoms with Gasteiger partial charge in [-0.15, -0.1) is 0 Å². The van der Waals surface area contributed by atoms with Crippen LogP contribution < -0.4 is 19.9 Å². The fraction of sp³-hybridized carbons (Fsp3) is 0.296. The van der Waals surface area contributed by atoms with Crippen LogP contribution in [0.15, 0.2) is 59.6 Å². The average Bonchev–Trinajstić information content (AvgIpc) is 2.84. The Labute approximate surface area is 206 Å². The van der Waals surface area contributed by atoms with E-state index in [1.165, 1.54) is 11.6 Å². The molecular weight excluding hydrogens is 452 g/mol. The fourth-order valence-electron chi connectivity index (χ4n) is 3.44. The summed E-state index contributed by atoms with van der Waals surface area (Å²) >= 11 is 5.95. The van der Waals surface area contributed by atoms with E-state index in [1.807, 2.05) is 12.1 Å². The molecule has 0 atom stereocenters. The number of ether oxygens (including phenoxy) is 3. The molecule has 3 rings (SSSR count). The highest BCUT2D eigenvalue weighted by molar-refractivity contribution is 6.32. The van der Waals surface area contributed by atoms with Gasteiger partial charge in [-0.1, -0.05) is 49.7 Å². The molecule has 0 saturated carbocycles. The SMILES string of the molecule is COc1cc(CCN=C(N)c2ccc(O)c(Cl)c2)cc(OC)c1OCc1ccc(C(C)C)cc1. The lowest BCUT2D eigenvalue weighted by atomic mass is 10.0. The molecule has 0 aliphatic rings. The van der Waals surface area contributed by atoms with Crippen molar-refractivity contribution >= 4 is 17.4 Å². The van der Waals surface area contributed by atoms with Crippen LogP contribution >= 0.6 is 11.6 Å². The van der Waals surface area contributed by atoms with Crippen LogP contribution in [0.25, 0.3) is 0 Å². The maximum atomic E-state index is 9.56. The van der Waals surface area contributed by atoms with Crippen LogP contribution in [0.2, 0.25) is 5.02 Å². The molecule has 0 fully saturated rings. The summed E-state index contributed by atoms with van der Waals surface area (Å²) in [7, 11) is 3.21. The lowest BCUT2D eigenvalue weighted by Crippen LogP contribution is -2.14. The number of amidine groups is 1. The zero-order chi connectivity index (χ0) is 24.7. The summed E-state index contributed by atoms with van der Waals surface area (Å²) in [6, 6.07) is 17.0. The molecule has 0 aromatic heterocycles. The molecule has 0 radical (unpaired) electrons. The molecule has 0 aliphatic heterocycles. The molecule has 0 heterocycles. The first-order valence-corrected chi connectivity index (χ1v) is 11.5. The molecule has 3 aromatic rings. The maximum Gasteiger partial charge on any atom is 0.203 e. The van der Waals surface area contributed by atoms with Gasteiger partial charge in [0.2, 0.25) is 5.75 Å². The van der Waals surface area contributed by atoms with E-state index in [0.29, 0.717) is 54.1 Å². The van der Waals surface area contributed by atoms with Crippen LogP contribution in [0.5, 0.6) is 23.0 Å². The molecule has 6 nitrogen and oxygen atoms in total. The number of aromatic hydroxyl groups is 1. The predicted molar refractivity (Wildman–Crippen MR) is 137 cm³/mol. The van der Waals surface area contributed by atoms with Crippen molar-refractivity contribution in [2.75, 3.05) is 20.8 Å². The van der Waals surface area contributed by atoms with Gasteiger partial charge >= 0.3 is 0 Å². The van der Waals surface area contributed by atoms with Crippen molar-refractivity contribution in [3.63, 3.8) is 0 Å². The standard InChI is InChI=1S/C27H31ClN2O4/c1-17(2)20-7-5-18(6-8-20)16-34-26-24(32-3)13-19(14-25(26)33-4)11-12-30-27(29)21-9-10-23(31)22(28)15-21/h5-10,13-15,17,31H,11-12,16H2,1-4H3,(H2,29,30). The Morgan fingerprint density at radius 2 is 1.62 bits per heavy atom. The molecule has 3 N–H and O–H groups in total.